The summed E-state index contributed by atoms with van der Waals surface area (Å²) >= 11 is 0. The summed E-state index contributed by atoms with van der Waals surface area (Å²) in [5.41, 5.74) is 1.33. The van der Waals surface area contributed by atoms with Crippen molar-refractivity contribution in [3.05, 3.63) is 71.3 Å². The summed E-state index contributed by atoms with van der Waals surface area (Å²) in [6, 6.07) is 15.3. The van der Waals surface area contributed by atoms with Crippen LogP contribution in [-0.2, 0) is 21.7 Å². The molecule has 8 heteroatoms. The van der Waals surface area contributed by atoms with Crippen molar-refractivity contribution in [1.29, 1.82) is 0 Å². The molecule has 0 radical (unpaired) electrons. The Morgan fingerprint density at radius 1 is 1.03 bits per heavy atom. The van der Waals surface area contributed by atoms with Gasteiger partial charge < -0.3 is 10.6 Å². The number of rotatable bonds is 6. The maximum atomic E-state index is 13.0. The molecular weight excluding hydrogens is 396 g/mol. The van der Waals surface area contributed by atoms with Crippen LogP contribution in [0, 0.1) is 0 Å². The Kier molecular flexibility index (Phi) is 6.39. The zero-order chi connectivity index (χ0) is 22.6. The molecule has 1 fully saturated rings. The van der Waals surface area contributed by atoms with Gasteiger partial charge in [-0.2, -0.15) is 0 Å². The summed E-state index contributed by atoms with van der Waals surface area (Å²) in [6.45, 7) is 5.42. The van der Waals surface area contributed by atoms with Gasteiger partial charge in [0.2, 0.25) is 5.91 Å². The van der Waals surface area contributed by atoms with E-state index in [0.717, 1.165) is 16.0 Å². The van der Waals surface area contributed by atoms with Crippen LogP contribution in [0.5, 0.6) is 0 Å². The molecule has 0 unspecified atom stereocenters. The number of benzene rings is 2. The van der Waals surface area contributed by atoms with Crippen LogP contribution in [0.3, 0.4) is 0 Å². The van der Waals surface area contributed by atoms with Crippen molar-refractivity contribution in [2.75, 3.05) is 6.54 Å². The molecule has 1 aliphatic heterocycles. The van der Waals surface area contributed by atoms with Gasteiger partial charge in [0, 0.05) is 6.54 Å². The van der Waals surface area contributed by atoms with Gasteiger partial charge in [-0.3, -0.25) is 19.8 Å². The lowest BCUT2D eigenvalue weighted by Gasteiger charge is -2.22. The number of carbonyl (C=O) groups is 4. The minimum Gasteiger partial charge on any atom is -0.334 e. The van der Waals surface area contributed by atoms with Crippen molar-refractivity contribution in [3.8, 4) is 0 Å². The van der Waals surface area contributed by atoms with Gasteiger partial charge in [0.15, 0.2) is 0 Å². The second-order valence-corrected chi connectivity index (χ2v) is 7.94. The normalized spacial score (nSPS) is 18.1. The molecule has 2 aromatic rings. The summed E-state index contributed by atoms with van der Waals surface area (Å²) in [5.74, 6) is -0.966. The number of urea groups is 2. The molecule has 3 rings (SSSR count). The van der Waals surface area contributed by atoms with Gasteiger partial charge in [-0.05, 0) is 29.5 Å². The van der Waals surface area contributed by atoms with Gasteiger partial charge in [-0.15, -0.1) is 0 Å². The molecule has 6 amide bonds. The van der Waals surface area contributed by atoms with E-state index >= 15 is 0 Å². The van der Waals surface area contributed by atoms with E-state index in [0.29, 0.717) is 11.5 Å². The number of amides is 6. The number of nitrogens with one attached hydrogen (secondary N) is 3. The van der Waals surface area contributed by atoms with Gasteiger partial charge in [0.05, 0.1) is 0 Å². The molecule has 0 aliphatic carbocycles. The highest BCUT2D eigenvalue weighted by atomic mass is 16.2. The van der Waals surface area contributed by atoms with Crippen LogP contribution >= 0.6 is 0 Å². The monoisotopic (exact) mass is 422 g/mol. The predicted molar refractivity (Wildman–Crippen MR) is 115 cm³/mol. The average molecular weight is 422 g/mol. The van der Waals surface area contributed by atoms with E-state index in [1.165, 1.54) is 0 Å². The van der Waals surface area contributed by atoms with Crippen molar-refractivity contribution in [2.24, 2.45) is 0 Å². The van der Waals surface area contributed by atoms with E-state index < -0.39 is 36.0 Å². The Balaban J connectivity index is 1.60. The van der Waals surface area contributed by atoms with E-state index in [-0.39, 0.29) is 6.54 Å². The number of nitrogens with zero attached hydrogens (tertiary/aromatic N) is 1. The topological polar surface area (TPSA) is 108 Å². The molecule has 8 nitrogen and oxygen atoms in total. The smallest absolute Gasteiger partial charge is 0.325 e. The third-order valence-electron chi connectivity index (χ3n) is 5.28. The molecule has 1 atom stereocenters. The first kappa shape index (κ1) is 22.0. The minimum absolute atomic E-state index is 0.244. The largest absolute Gasteiger partial charge is 0.334 e. The third-order valence-corrected chi connectivity index (χ3v) is 5.28. The fourth-order valence-corrected chi connectivity index (χ4v) is 3.37. The lowest BCUT2D eigenvalue weighted by molar-refractivity contribution is -0.134. The lowest BCUT2D eigenvalue weighted by Crippen LogP contribution is -2.46. The fraction of sp³-hybridized carbons (Fsp3) is 0.304. The zero-order valence-electron chi connectivity index (χ0n) is 17.8. The Morgan fingerprint density at radius 3 is 2.29 bits per heavy atom. The van der Waals surface area contributed by atoms with Gasteiger partial charge in [0.25, 0.3) is 5.91 Å². The molecule has 0 bridgehead atoms. The zero-order valence-corrected chi connectivity index (χ0v) is 17.8. The van der Waals surface area contributed by atoms with Gasteiger partial charge >= 0.3 is 12.1 Å². The van der Waals surface area contributed by atoms with E-state index in [2.05, 4.69) is 29.8 Å². The molecule has 162 valence electrons. The number of carbonyl (C=O) groups excluding carboxylic acids is 4. The molecule has 0 spiro atoms. The molecule has 0 saturated carbocycles. The fourth-order valence-electron chi connectivity index (χ4n) is 3.37. The Morgan fingerprint density at radius 2 is 1.68 bits per heavy atom. The first-order valence-corrected chi connectivity index (χ1v) is 10.1. The number of hydrogen-bond donors (Lipinski definition) is 3. The molecule has 1 saturated heterocycles. The third kappa shape index (κ3) is 4.91. The first-order valence-electron chi connectivity index (χ1n) is 10.1. The standard InChI is InChI=1S/C23H26N4O4/c1-15(2)17-9-11-18(12-10-17)23(3)20(29)27(22(31)26-23)14-19(28)25-21(30)24-13-16-7-5-4-6-8-16/h4-12,15H,13-14H2,1-3H3,(H,26,31)(H2,24,25,28,30)/t23-/m1/s1. The van der Waals surface area contributed by atoms with Gasteiger partial charge in [-0.25, -0.2) is 9.59 Å². The summed E-state index contributed by atoms with van der Waals surface area (Å²) < 4.78 is 0. The SMILES string of the molecule is CC(C)c1ccc([C@@]2(C)NC(=O)N(CC(=O)NC(=O)NCc3ccccc3)C2=O)cc1. The van der Waals surface area contributed by atoms with Crippen molar-refractivity contribution in [3.63, 3.8) is 0 Å². The second kappa shape index (κ2) is 8.99. The number of hydrogen-bond acceptors (Lipinski definition) is 4. The maximum absolute atomic E-state index is 13.0. The second-order valence-electron chi connectivity index (χ2n) is 7.94. The highest BCUT2D eigenvalue weighted by Gasteiger charge is 2.49. The van der Waals surface area contributed by atoms with Crippen LogP contribution in [0.4, 0.5) is 9.59 Å². The summed E-state index contributed by atoms with van der Waals surface area (Å²) in [6.07, 6.45) is 0. The van der Waals surface area contributed by atoms with Crippen LogP contribution < -0.4 is 16.0 Å². The van der Waals surface area contributed by atoms with Crippen LogP contribution in [-0.4, -0.2) is 35.3 Å². The van der Waals surface area contributed by atoms with Crippen molar-refractivity contribution < 1.29 is 19.2 Å². The van der Waals surface area contributed by atoms with E-state index in [1.54, 1.807) is 19.1 Å². The van der Waals surface area contributed by atoms with Crippen LogP contribution in [0.2, 0.25) is 0 Å². The van der Waals surface area contributed by atoms with Gasteiger partial charge in [-0.1, -0.05) is 68.4 Å². The van der Waals surface area contributed by atoms with Crippen LogP contribution in [0.15, 0.2) is 54.6 Å². The van der Waals surface area contributed by atoms with E-state index in [4.69, 9.17) is 0 Å². The Hall–Kier alpha value is -3.68. The molecule has 31 heavy (non-hydrogen) atoms. The quantitative estimate of drug-likeness (QED) is 0.622. The lowest BCUT2D eigenvalue weighted by atomic mass is 9.90. The van der Waals surface area contributed by atoms with E-state index in [9.17, 15) is 19.2 Å². The minimum atomic E-state index is -1.28. The number of imide groups is 2. The van der Waals surface area contributed by atoms with Crippen LogP contribution in [0.1, 0.15) is 43.4 Å². The summed E-state index contributed by atoms with van der Waals surface area (Å²) in [7, 11) is 0. The highest BCUT2D eigenvalue weighted by molar-refractivity contribution is 6.10. The molecule has 1 heterocycles. The maximum Gasteiger partial charge on any atom is 0.325 e. The average Bonchev–Trinajstić information content (AvgIpc) is 2.97. The molecular formula is C23H26N4O4. The Labute approximate surface area is 181 Å². The summed E-state index contributed by atoms with van der Waals surface area (Å²) in [4.78, 5) is 50.3. The van der Waals surface area contributed by atoms with Crippen molar-refractivity contribution in [1.82, 2.24) is 20.9 Å². The predicted octanol–water partition coefficient (Wildman–Crippen LogP) is 2.60. The summed E-state index contributed by atoms with van der Waals surface area (Å²) in [5, 5.41) is 7.36. The van der Waals surface area contributed by atoms with Crippen molar-refractivity contribution in [2.45, 2.75) is 38.8 Å². The highest BCUT2D eigenvalue weighted by Crippen LogP contribution is 2.29. The molecule has 3 N–H and O–H groups in total. The molecule has 2 aromatic carbocycles. The first-order chi connectivity index (χ1) is 14.7. The van der Waals surface area contributed by atoms with Gasteiger partial charge in [0.1, 0.15) is 12.1 Å². The molecule has 0 aromatic heterocycles. The van der Waals surface area contributed by atoms with Crippen LogP contribution in [0.25, 0.3) is 0 Å². The van der Waals surface area contributed by atoms with E-state index in [1.807, 2.05) is 42.5 Å². The molecule has 1 aliphatic rings. The van der Waals surface area contributed by atoms with Crippen molar-refractivity contribution >= 4 is 23.9 Å². The Bertz CT molecular complexity index is 988.